The number of aromatic nitrogens is 5. The first-order valence-electron chi connectivity index (χ1n) is 7.25. The normalized spacial score (nSPS) is 11.1. The molecule has 3 heterocycles. The summed E-state index contributed by atoms with van der Waals surface area (Å²) in [5, 5.41) is 7.63. The van der Waals surface area contributed by atoms with E-state index in [9.17, 15) is 4.79 Å². The Kier molecular flexibility index (Phi) is 3.63. The van der Waals surface area contributed by atoms with E-state index in [1.54, 1.807) is 34.9 Å². The SMILES string of the molecule is NC(=O)c1cccc(-n2c(-c3cn4ccc(Cl)cc4n3)n[nH]c2=S)c1. The average Bonchev–Trinajstić information content (AvgIpc) is 3.17. The van der Waals surface area contributed by atoms with Crippen molar-refractivity contribution in [3.05, 3.63) is 64.1 Å². The van der Waals surface area contributed by atoms with Crippen molar-refractivity contribution in [3.63, 3.8) is 0 Å². The fourth-order valence-electron chi connectivity index (χ4n) is 2.57. The molecule has 0 saturated carbocycles. The Hall–Kier alpha value is -2.97. The van der Waals surface area contributed by atoms with Crippen LogP contribution in [-0.2, 0) is 0 Å². The molecule has 0 radical (unpaired) electrons. The molecule has 0 fully saturated rings. The molecule has 0 spiro atoms. The second-order valence-electron chi connectivity index (χ2n) is 5.34. The molecule has 124 valence electrons. The Morgan fingerprint density at radius 2 is 2.12 bits per heavy atom. The van der Waals surface area contributed by atoms with Crippen molar-refractivity contribution >= 4 is 35.4 Å². The zero-order valence-corrected chi connectivity index (χ0v) is 14.3. The van der Waals surface area contributed by atoms with Crippen LogP contribution in [0.1, 0.15) is 10.4 Å². The van der Waals surface area contributed by atoms with Gasteiger partial charge in [0.1, 0.15) is 11.3 Å². The van der Waals surface area contributed by atoms with Gasteiger partial charge in [0.15, 0.2) is 10.6 Å². The number of hydrogen-bond donors (Lipinski definition) is 2. The van der Waals surface area contributed by atoms with E-state index in [4.69, 9.17) is 29.6 Å². The Bertz CT molecular complexity index is 1170. The maximum absolute atomic E-state index is 11.4. The average molecular weight is 371 g/mol. The van der Waals surface area contributed by atoms with Crippen LogP contribution < -0.4 is 5.73 Å². The standard InChI is InChI=1S/C16H11ClN6OS/c17-10-4-5-22-8-12(19-13(22)7-10)15-20-21-16(25)23(15)11-3-1-2-9(6-11)14(18)24/h1-8H,(H2,18,24)(H,21,25). The number of amides is 1. The molecule has 0 aliphatic heterocycles. The molecule has 0 aliphatic carbocycles. The van der Waals surface area contributed by atoms with Crippen molar-refractivity contribution in [2.24, 2.45) is 5.73 Å². The molecule has 0 unspecified atom stereocenters. The molecule has 1 amide bonds. The fourth-order valence-corrected chi connectivity index (χ4v) is 2.96. The quantitative estimate of drug-likeness (QED) is 0.542. The molecular weight excluding hydrogens is 360 g/mol. The van der Waals surface area contributed by atoms with E-state index in [0.717, 1.165) is 0 Å². The van der Waals surface area contributed by atoms with Crippen LogP contribution in [0.5, 0.6) is 0 Å². The summed E-state index contributed by atoms with van der Waals surface area (Å²) in [4.78, 5) is 16.0. The molecular formula is C16H11ClN6OS. The maximum Gasteiger partial charge on any atom is 0.248 e. The van der Waals surface area contributed by atoms with Crippen LogP contribution in [0.3, 0.4) is 0 Å². The van der Waals surface area contributed by atoms with Gasteiger partial charge in [0.25, 0.3) is 0 Å². The topological polar surface area (TPSA) is 94.0 Å². The van der Waals surface area contributed by atoms with Gasteiger partial charge in [0.05, 0.1) is 5.69 Å². The van der Waals surface area contributed by atoms with E-state index in [1.807, 2.05) is 22.9 Å². The fraction of sp³-hybridized carbons (Fsp3) is 0. The van der Waals surface area contributed by atoms with Gasteiger partial charge in [-0.15, -0.1) is 0 Å². The third kappa shape index (κ3) is 2.71. The lowest BCUT2D eigenvalue weighted by Crippen LogP contribution is -2.11. The second kappa shape index (κ2) is 5.83. The highest BCUT2D eigenvalue weighted by molar-refractivity contribution is 7.71. The molecule has 0 bridgehead atoms. The van der Waals surface area contributed by atoms with Crippen LogP contribution in [0.2, 0.25) is 5.02 Å². The summed E-state index contributed by atoms with van der Waals surface area (Å²) in [6.45, 7) is 0. The summed E-state index contributed by atoms with van der Waals surface area (Å²) < 4.78 is 3.92. The van der Waals surface area contributed by atoms with E-state index in [2.05, 4.69) is 15.2 Å². The molecule has 7 nitrogen and oxygen atoms in total. The van der Waals surface area contributed by atoms with Gasteiger partial charge in [-0.05, 0) is 36.5 Å². The number of benzene rings is 1. The third-order valence-corrected chi connectivity index (χ3v) is 4.22. The van der Waals surface area contributed by atoms with Gasteiger partial charge < -0.3 is 10.1 Å². The third-order valence-electron chi connectivity index (χ3n) is 3.71. The summed E-state index contributed by atoms with van der Waals surface area (Å²) in [6, 6.07) is 10.4. The number of nitrogens with one attached hydrogen (secondary N) is 1. The van der Waals surface area contributed by atoms with Gasteiger partial charge in [-0.25, -0.2) is 4.98 Å². The smallest absolute Gasteiger partial charge is 0.248 e. The maximum atomic E-state index is 11.4. The summed E-state index contributed by atoms with van der Waals surface area (Å²) in [5.74, 6) is 0.00669. The minimum atomic E-state index is -0.513. The van der Waals surface area contributed by atoms with Crippen LogP contribution in [-0.4, -0.2) is 30.1 Å². The molecule has 3 aromatic heterocycles. The van der Waals surface area contributed by atoms with Crippen LogP contribution >= 0.6 is 23.8 Å². The zero-order chi connectivity index (χ0) is 17.6. The van der Waals surface area contributed by atoms with Gasteiger partial charge in [0.2, 0.25) is 5.91 Å². The second-order valence-corrected chi connectivity index (χ2v) is 6.16. The lowest BCUT2D eigenvalue weighted by atomic mass is 10.2. The predicted molar refractivity (Wildman–Crippen MR) is 96.5 cm³/mol. The number of pyridine rings is 1. The Morgan fingerprint density at radius 3 is 2.92 bits per heavy atom. The summed E-state index contributed by atoms with van der Waals surface area (Å²) in [5.41, 5.74) is 7.71. The molecule has 0 atom stereocenters. The number of carbonyl (C=O) groups excluding carboxylic acids is 1. The highest BCUT2D eigenvalue weighted by Crippen LogP contribution is 2.23. The predicted octanol–water partition coefficient (Wildman–Crippen LogP) is 3.00. The Morgan fingerprint density at radius 1 is 1.28 bits per heavy atom. The Balaban J connectivity index is 1.91. The van der Waals surface area contributed by atoms with Crippen molar-refractivity contribution in [1.29, 1.82) is 0 Å². The number of fused-ring (bicyclic) bond motifs is 1. The zero-order valence-electron chi connectivity index (χ0n) is 12.7. The Labute approximate surface area is 151 Å². The summed E-state index contributed by atoms with van der Waals surface area (Å²) in [7, 11) is 0. The van der Waals surface area contributed by atoms with Gasteiger partial charge in [-0.2, -0.15) is 5.10 Å². The number of primary amides is 1. The van der Waals surface area contributed by atoms with Crippen LogP contribution in [0.4, 0.5) is 0 Å². The number of nitrogens with two attached hydrogens (primary N) is 1. The molecule has 4 aromatic rings. The van der Waals surface area contributed by atoms with E-state index in [0.29, 0.717) is 38.2 Å². The number of aromatic amines is 1. The molecule has 4 rings (SSSR count). The van der Waals surface area contributed by atoms with E-state index >= 15 is 0 Å². The van der Waals surface area contributed by atoms with E-state index in [-0.39, 0.29) is 0 Å². The summed E-state index contributed by atoms with van der Waals surface area (Å²) in [6.07, 6.45) is 3.64. The first kappa shape index (κ1) is 15.6. The number of nitrogens with zero attached hydrogens (tertiary/aromatic N) is 4. The minimum Gasteiger partial charge on any atom is -0.366 e. The van der Waals surface area contributed by atoms with Crippen LogP contribution in [0, 0.1) is 4.77 Å². The minimum absolute atomic E-state index is 0.381. The van der Waals surface area contributed by atoms with Gasteiger partial charge in [0, 0.05) is 29.0 Å². The molecule has 3 N–H and O–H groups in total. The number of halogens is 1. The monoisotopic (exact) mass is 370 g/mol. The van der Waals surface area contributed by atoms with Crippen molar-refractivity contribution in [3.8, 4) is 17.2 Å². The van der Waals surface area contributed by atoms with Gasteiger partial charge in [-0.3, -0.25) is 14.5 Å². The first-order valence-corrected chi connectivity index (χ1v) is 8.04. The number of hydrogen-bond acceptors (Lipinski definition) is 4. The van der Waals surface area contributed by atoms with E-state index < -0.39 is 5.91 Å². The summed E-state index contributed by atoms with van der Waals surface area (Å²) >= 11 is 11.3. The highest BCUT2D eigenvalue weighted by atomic mass is 35.5. The molecule has 1 aromatic carbocycles. The van der Waals surface area contributed by atoms with Crippen molar-refractivity contribution in [1.82, 2.24) is 24.1 Å². The molecule has 9 heteroatoms. The van der Waals surface area contributed by atoms with E-state index in [1.165, 1.54) is 0 Å². The van der Waals surface area contributed by atoms with Crippen LogP contribution in [0.25, 0.3) is 22.9 Å². The largest absolute Gasteiger partial charge is 0.366 e. The first-order chi connectivity index (χ1) is 12.0. The van der Waals surface area contributed by atoms with Gasteiger partial charge >= 0.3 is 0 Å². The highest BCUT2D eigenvalue weighted by Gasteiger charge is 2.15. The van der Waals surface area contributed by atoms with Crippen LogP contribution in [0.15, 0.2) is 48.8 Å². The number of carbonyl (C=O) groups is 1. The number of rotatable bonds is 3. The van der Waals surface area contributed by atoms with Gasteiger partial charge in [-0.1, -0.05) is 17.7 Å². The van der Waals surface area contributed by atoms with Crippen molar-refractivity contribution < 1.29 is 4.79 Å². The number of imidazole rings is 1. The molecule has 25 heavy (non-hydrogen) atoms. The van der Waals surface area contributed by atoms with Crippen molar-refractivity contribution in [2.45, 2.75) is 0 Å². The van der Waals surface area contributed by atoms with Crippen molar-refractivity contribution in [2.75, 3.05) is 0 Å². The molecule has 0 aliphatic rings. The number of H-pyrrole nitrogens is 1. The lowest BCUT2D eigenvalue weighted by molar-refractivity contribution is 0.100. The lowest BCUT2D eigenvalue weighted by Gasteiger charge is -2.06. The molecule has 0 saturated heterocycles.